The van der Waals surface area contributed by atoms with Crippen molar-refractivity contribution in [3.63, 3.8) is 0 Å². The summed E-state index contributed by atoms with van der Waals surface area (Å²) in [5, 5.41) is 2.31. The van der Waals surface area contributed by atoms with Crippen LogP contribution in [-0.4, -0.2) is 23.4 Å². The summed E-state index contributed by atoms with van der Waals surface area (Å²) in [5.74, 6) is 0.207. The molecule has 6 rings (SSSR count). The van der Waals surface area contributed by atoms with Gasteiger partial charge < -0.3 is 9.47 Å². The van der Waals surface area contributed by atoms with Crippen molar-refractivity contribution in [1.29, 1.82) is 0 Å². The third-order valence-electron chi connectivity index (χ3n) is 7.42. The van der Waals surface area contributed by atoms with E-state index in [0.717, 1.165) is 32.4 Å². The second-order valence-electron chi connectivity index (χ2n) is 10.0. The van der Waals surface area contributed by atoms with Gasteiger partial charge >= 0.3 is 5.97 Å². The number of aromatic nitrogens is 1. The van der Waals surface area contributed by atoms with Crippen LogP contribution in [0.2, 0.25) is 0 Å². The van der Waals surface area contributed by atoms with E-state index in [4.69, 9.17) is 14.5 Å². The Labute approximate surface area is 257 Å². The van der Waals surface area contributed by atoms with Gasteiger partial charge in [0.05, 0.1) is 28.5 Å². The Kier molecular flexibility index (Phi) is 8.31. The number of hydrogen-bond acceptors (Lipinski definition) is 7. The van der Waals surface area contributed by atoms with E-state index in [-0.39, 0.29) is 12.2 Å². The van der Waals surface area contributed by atoms with Gasteiger partial charge in [-0.15, -0.1) is 11.8 Å². The Morgan fingerprint density at radius 2 is 1.74 bits per heavy atom. The first kappa shape index (κ1) is 28.7. The number of para-hydroxylation sites is 1. The highest BCUT2D eigenvalue weighted by atomic mass is 32.2. The van der Waals surface area contributed by atoms with Crippen LogP contribution in [0.1, 0.15) is 36.6 Å². The quantitative estimate of drug-likeness (QED) is 0.154. The number of esters is 1. The van der Waals surface area contributed by atoms with Gasteiger partial charge in [-0.05, 0) is 66.3 Å². The van der Waals surface area contributed by atoms with Crippen LogP contribution in [0.15, 0.2) is 117 Å². The van der Waals surface area contributed by atoms with Crippen LogP contribution < -0.4 is 19.6 Å². The molecule has 2 heterocycles. The van der Waals surface area contributed by atoms with E-state index < -0.39 is 12.0 Å². The Bertz CT molecular complexity index is 2040. The lowest BCUT2D eigenvalue weighted by Gasteiger charge is -2.24. The first-order valence-corrected chi connectivity index (χ1v) is 16.0. The van der Waals surface area contributed by atoms with Gasteiger partial charge in [-0.2, -0.15) is 0 Å². The van der Waals surface area contributed by atoms with Gasteiger partial charge in [-0.25, -0.2) is 9.79 Å². The lowest BCUT2D eigenvalue weighted by atomic mass is 9.96. The van der Waals surface area contributed by atoms with Crippen LogP contribution in [0.4, 0.5) is 0 Å². The van der Waals surface area contributed by atoms with Crippen molar-refractivity contribution in [2.24, 2.45) is 4.99 Å². The number of fused-ring (bicyclic) bond motifs is 2. The number of allylic oxidation sites excluding steroid dienone is 1. The minimum absolute atomic E-state index is 0.221. The van der Waals surface area contributed by atoms with Crippen LogP contribution in [0.3, 0.4) is 0 Å². The molecule has 5 aromatic rings. The molecule has 0 N–H and O–H groups in total. The molecular weight excluding hydrogens is 577 g/mol. The molecule has 0 bridgehead atoms. The number of thioether (sulfide) groups is 1. The molecule has 4 aromatic carbocycles. The van der Waals surface area contributed by atoms with Crippen molar-refractivity contribution in [3.05, 3.63) is 139 Å². The molecule has 0 amide bonds. The first-order valence-electron chi connectivity index (χ1n) is 14.0. The van der Waals surface area contributed by atoms with Crippen LogP contribution in [0.25, 0.3) is 16.8 Å². The Balaban J connectivity index is 1.41. The highest BCUT2D eigenvalue weighted by molar-refractivity contribution is 7.98. The topological polar surface area (TPSA) is 69.9 Å². The molecule has 8 heteroatoms. The van der Waals surface area contributed by atoms with Crippen molar-refractivity contribution >= 4 is 45.9 Å². The number of rotatable bonds is 8. The SMILES string of the molecule is CCOC(=O)C1=C(C)N=c2s/c(=C\c3ccccc3OCc3cccc4ccccc34)c(=O)n2[C@H]1c1ccc(SC)cc1. The van der Waals surface area contributed by atoms with Gasteiger partial charge in [-0.3, -0.25) is 9.36 Å². The largest absolute Gasteiger partial charge is 0.488 e. The zero-order valence-electron chi connectivity index (χ0n) is 24.1. The summed E-state index contributed by atoms with van der Waals surface area (Å²) in [6, 6.07) is 29.4. The second-order valence-corrected chi connectivity index (χ2v) is 11.9. The molecular formula is C35H30N2O4S2. The minimum atomic E-state index is -0.647. The number of carbonyl (C=O) groups is 1. The first-order chi connectivity index (χ1) is 21.0. The number of hydrogen-bond donors (Lipinski definition) is 0. The van der Waals surface area contributed by atoms with Gasteiger partial charge in [0, 0.05) is 10.5 Å². The van der Waals surface area contributed by atoms with Crippen LogP contribution in [0, 0.1) is 0 Å². The maximum Gasteiger partial charge on any atom is 0.338 e. The molecule has 0 fully saturated rings. The summed E-state index contributed by atoms with van der Waals surface area (Å²) in [7, 11) is 0. The van der Waals surface area contributed by atoms with E-state index in [1.165, 1.54) is 11.3 Å². The average Bonchev–Trinajstić information content (AvgIpc) is 3.33. The number of carbonyl (C=O) groups excluding carboxylic acids is 1. The van der Waals surface area contributed by atoms with Crippen molar-refractivity contribution in [1.82, 2.24) is 4.57 Å². The zero-order chi connectivity index (χ0) is 29.9. The van der Waals surface area contributed by atoms with Crippen molar-refractivity contribution in [2.45, 2.75) is 31.4 Å². The van der Waals surface area contributed by atoms with Gasteiger partial charge in [0.25, 0.3) is 5.56 Å². The maximum absolute atomic E-state index is 14.1. The van der Waals surface area contributed by atoms with Gasteiger partial charge in [0.1, 0.15) is 12.4 Å². The Hall–Kier alpha value is -4.40. The molecule has 216 valence electrons. The van der Waals surface area contributed by atoms with Crippen molar-refractivity contribution < 1.29 is 14.3 Å². The molecule has 0 saturated heterocycles. The van der Waals surface area contributed by atoms with Crippen molar-refractivity contribution in [2.75, 3.05) is 12.9 Å². The van der Waals surface area contributed by atoms with E-state index >= 15 is 0 Å². The molecule has 6 nitrogen and oxygen atoms in total. The third kappa shape index (κ3) is 5.68. The fraction of sp³-hybridized carbons (Fsp3) is 0.171. The number of ether oxygens (including phenoxy) is 2. The smallest absolute Gasteiger partial charge is 0.338 e. The van der Waals surface area contributed by atoms with E-state index in [1.807, 2.05) is 79.1 Å². The molecule has 0 spiro atoms. The normalized spacial score (nSPS) is 14.9. The van der Waals surface area contributed by atoms with Crippen molar-refractivity contribution in [3.8, 4) is 5.75 Å². The Morgan fingerprint density at radius 1 is 1.00 bits per heavy atom. The summed E-state index contributed by atoms with van der Waals surface area (Å²) in [6.45, 7) is 4.18. The fourth-order valence-electron chi connectivity index (χ4n) is 5.34. The van der Waals surface area contributed by atoms with Gasteiger partial charge in [-0.1, -0.05) is 84.1 Å². The van der Waals surface area contributed by atoms with E-state index in [1.54, 1.807) is 30.2 Å². The second kappa shape index (κ2) is 12.5. The predicted molar refractivity (Wildman–Crippen MR) is 173 cm³/mol. The molecule has 1 aliphatic rings. The molecule has 0 unspecified atom stereocenters. The van der Waals surface area contributed by atoms with E-state index in [0.29, 0.717) is 33.0 Å². The van der Waals surface area contributed by atoms with Crippen LogP contribution in [-0.2, 0) is 16.1 Å². The fourth-order valence-corrected chi connectivity index (χ4v) is 6.79. The number of nitrogens with zero attached hydrogens (tertiary/aromatic N) is 2. The highest BCUT2D eigenvalue weighted by Crippen LogP contribution is 2.32. The van der Waals surface area contributed by atoms with Crippen LogP contribution >= 0.6 is 23.1 Å². The molecule has 1 aromatic heterocycles. The predicted octanol–water partition coefficient (Wildman–Crippen LogP) is 6.25. The lowest BCUT2D eigenvalue weighted by Crippen LogP contribution is -2.39. The molecule has 43 heavy (non-hydrogen) atoms. The Morgan fingerprint density at radius 3 is 2.53 bits per heavy atom. The number of thiazole rings is 1. The highest BCUT2D eigenvalue weighted by Gasteiger charge is 2.33. The summed E-state index contributed by atoms with van der Waals surface area (Å²) < 4.78 is 13.9. The van der Waals surface area contributed by atoms with Crippen LogP contribution in [0.5, 0.6) is 5.75 Å². The summed E-state index contributed by atoms with van der Waals surface area (Å²) >= 11 is 2.93. The summed E-state index contributed by atoms with van der Waals surface area (Å²) in [4.78, 5) is 33.6. The monoisotopic (exact) mass is 606 g/mol. The summed E-state index contributed by atoms with van der Waals surface area (Å²) in [6.07, 6.45) is 3.86. The molecule has 0 saturated carbocycles. The lowest BCUT2D eigenvalue weighted by molar-refractivity contribution is -0.139. The third-order valence-corrected chi connectivity index (χ3v) is 9.14. The molecule has 0 radical (unpaired) electrons. The number of benzene rings is 4. The molecule has 0 aliphatic carbocycles. The van der Waals surface area contributed by atoms with Gasteiger partial charge in [0.2, 0.25) is 0 Å². The minimum Gasteiger partial charge on any atom is -0.488 e. The molecule has 1 aliphatic heterocycles. The molecule has 1 atom stereocenters. The maximum atomic E-state index is 14.1. The van der Waals surface area contributed by atoms with Gasteiger partial charge in [0.15, 0.2) is 4.80 Å². The average molecular weight is 607 g/mol. The van der Waals surface area contributed by atoms with E-state index in [9.17, 15) is 9.59 Å². The standard InChI is InChI=1S/C35H30N2O4S2/c1-4-40-34(39)31-22(2)36-35-37(32(31)24-16-18-27(42-3)19-17-24)33(38)30(43-35)20-25-11-6-8-15-29(25)41-21-26-13-9-12-23-10-5-7-14-28(23)26/h5-20,32H,4,21H2,1-3H3/b30-20-/t32-/m0/s1. The van der Waals surface area contributed by atoms with E-state index in [2.05, 4.69) is 24.3 Å². The summed E-state index contributed by atoms with van der Waals surface area (Å²) in [5.41, 5.74) is 3.39. The zero-order valence-corrected chi connectivity index (χ0v) is 25.7.